The quantitative estimate of drug-likeness (QED) is 0.436. The summed E-state index contributed by atoms with van der Waals surface area (Å²) in [5, 5.41) is 28.1. The number of nitrogens with one attached hydrogen (secondary N) is 2. The number of halogens is 1. The molecule has 0 saturated heterocycles. The van der Waals surface area contributed by atoms with E-state index in [1.54, 1.807) is 0 Å². The van der Waals surface area contributed by atoms with E-state index in [4.69, 9.17) is 11.6 Å². The number of carbonyl (C=O) groups is 2. The SMILES string of the molecule is C[C@@](O)(CC(Cc1ccc(-c2ccccc2)cc1)NC(=O)c1nc(Cl)n[nH]1)C(=O)O. The molecule has 0 radical (unpaired) electrons. The maximum Gasteiger partial charge on any atom is 0.335 e. The molecule has 30 heavy (non-hydrogen) atoms. The zero-order valence-corrected chi connectivity index (χ0v) is 16.9. The molecule has 0 bridgehead atoms. The highest BCUT2D eigenvalue weighted by molar-refractivity contribution is 6.28. The summed E-state index contributed by atoms with van der Waals surface area (Å²) in [6.07, 6.45) is 0.114. The standard InChI is InChI=1S/C21H21ClN4O4/c1-21(30,19(28)29)12-16(23-18(27)17-24-20(22)26-25-17)11-13-7-9-15(10-8-13)14-5-3-2-4-6-14/h2-10,16,30H,11-12H2,1H3,(H,23,27)(H,28,29)(H,24,25,26)/t16?,21-/m1/s1. The molecule has 0 aliphatic heterocycles. The van der Waals surface area contributed by atoms with Gasteiger partial charge < -0.3 is 15.5 Å². The van der Waals surface area contributed by atoms with Gasteiger partial charge in [0.15, 0.2) is 5.60 Å². The number of aliphatic hydroxyl groups is 1. The van der Waals surface area contributed by atoms with Gasteiger partial charge in [-0.25, -0.2) is 4.79 Å². The van der Waals surface area contributed by atoms with Gasteiger partial charge >= 0.3 is 5.97 Å². The van der Waals surface area contributed by atoms with Gasteiger partial charge in [0.05, 0.1) is 0 Å². The second-order valence-electron chi connectivity index (χ2n) is 7.17. The zero-order valence-electron chi connectivity index (χ0n) is 16.2. The van der Waals surface area contributed by atoms with Crippen molar-refractivity contribution in [2.24, 2.45) is 0 Å². The van der Waals surface area contributed by atoms with E-state index in [0.717, 1.165) is 16.7 Å². The number of hydrogen-bond acceptors (Lipinski definition) is 5. The lowest BCUT2D eigenvalue weighted by Gasteiger charge is -2.25. The van der Waals surface area contributed by atoms with Crippen LogP contribution in [0.25, 0.3) is 11.1 Å². The molecule has 1 aromatic heterocycles. The third-order valence-electron chi connectivity index (χ3n) is 4.66. The predicted molar refractivity (Wildman–Crippen MR) is 111 cm³/mol. The van der Waals surface area contributed by atoms with Crippen LogP contribution < -0.4 is 5.32 Å². The Balaban J connectivity index is 1.77. The van der Waals surface area contributed by atoms with Gasteiger partial charge in [0.2, 0.25) is 11.1 Å². The third kappa shape index (κ3) is 5.43. The van der Waals surface area contributed by atoms with Crippen LogP contribution in [0.1, 0.15) is 29.5 Å². The van der Waals surface area contributed by atoms with Gasteiger partial charge in [-0.2, -0.15) is 4.98 Å². The number of amides is 1. The van der Waals surface area contributed by atoms with Crippen molar-refractivity contribution in [1.82, 2.24) is 20.5 Å². The van der Waals surface area contributed by atoms with Gasteiger partial charge in [0.25, 0.3) is 5.91 Å². The molecule has 0 saturated carbocycles. The van der Waals surface area contributed by atoms with Crippen LogP contribution in [0, 0.1) is 0 Å². The second kappa shape index (κ2) is 9.06. The fourth-order valence-corrected chi connectivity index (χ4v) is 3.21. The van der Waals surface area contributed by atoms with Crippen molar-refractivity contribution in [3.05, 3.63) is 71.3 Å². The Morgan fingerprint density at radius 2 is 1.77 bits per heavy atom. The Labute approximate surface area is 177 Å². The molecule has 1 heterocycles. The number of carbonyl (C=O) groups excluding carboxylic acids is 1. The van der Waals surface area contributed by atoms with Crippen LogP contribution in [0.3, 0.4) is 0 Å². The normalized spacial score (nSPS) is 14.0. The summed E-state index contributed by atoms with van der Waals surface area (Å²) in [5.41, 5.74) is 0.969. The highest BCUT2D eigenvalue weighted by Gasteiger charge is 2.34. The predicted octanol–water partition coefficient (Wildman–Crippen LogP) is 2.69. The fraction of sp³-hybridized carbons (Fsp3) is 0.238. The molecule has 2 atom stereocenters. The van der Waals surface area contributed by atoms with Crippen LogP contribution in [0.15, 0.2) is 54.6 Å². The molecule has 1 unspecified atom stereocenters. The average Bonchev–Trinajstić information content (AvgIpc) is 3.15. The van der Waals surface area contributed by atoms with Gasteiger partial charge in [-0.05, 0) is 41.6 Å². The number of aliphatic carboxylic acids is 1. The van der Waals surface area contributed by atoms with E-state index in [9.17, 15) is 19.8 Å². The van der Waals surface area contributed by atoms with Crippen molar-refractivity contribution in [3.63, 3.8) is 0 Å². The Morgan fingerprint density at radius 1 is 1.13 bits per heavy atom. The number of nitrogens with zero attached hydrogens (tertiary/aromatic N) is 2. The van der Waals surface area contributed by atoms with E-state index in [1.807, 2.05) is 54.6 Å². The van der Waals surface area contributed by atoms with Gasteiger partial charge in [0, 0.05) is 12.5 Å². The molecule has 1 amide bonds. The lowest BCUT2D eigenvalue weighted by molar-refractivity contribution is -0.157. The van der Waals surface area contributed by atoms with Gasteiger partial charge in [-0.1, -0.05) is 54.6 Å². The Kier molecular flexibility index (Phi) is 6.49. The minimum Gasteiger partial charge on any atom is -0.479 e. The number of carboxylic acids is 1. The first kappa shape index (κ1) is 21.5. The fourth-order valence-electron chi connectivity index (χ4n) is 3.09. The molecular formula is C21H21ClN4O4. The third-order valence-corrected chi connectivity index (χ3v) is 4.83. The van der Waals surface area contributed by atoms with Crippen LogP contribution in [-0.4, -0.2) is 48.9 Å². The van der Waals surface area contributed by atoms with Crippen LogP contribution in [-0.2, 0) is 11.2 Å². The monoisotopic (exact) mass is 428 g/mol. The molecule has 156 valence electrons. The first-order valence-corrected chi connectivity index (χ1v) is 9.61. The van der Waals surface area contributed by atoms with Gasteiger partial charge in [-0.3, -0.25) is 9.89 Å². The molecule has 0 spiro atoms. The molecule has 0 fully saturated rings. The maximum absolute atomic E-state index is 12.4. The number of aromatic nitrogens is 3. The summed E-state index contributed by atoms with van der Waals surface area (Å²) in [6.45, 7) is 1.19. The van der Waals surface area contributed by atoms with E-state index in [-0.39, 0.29) is 17.5 Å². The van der Waals surface area contributed by atoms with Crippen molar-refractivity contribution in [2.75, 3.05) is 0 Å². The summed E-state index contributed by atoms with van der Waals surface area (Å²) in [5.74, 6) is -2.07. The van der Waals surface area contributed by atoms with Gasteiger partial charge in [0.1, 0.15) is 0 Å². The van der Waals surface area contributed by atoms with Crippen molar-refractivity contribution >= 4 is 23.5 Å². The largest absolute Gasteiger partial charge is 0.479 e. The van der Waals surface area contributed by atoms with E-state index >= 15 is 0 Å². The first-order chi connectivity index (χ1) is 14.2. The Bertz CT molecular complexity index is 1020. The molecule has 0 aliphatic carbocycles. The van der Waals surface area contributed by atoms with E-state index in [1.165, 1.54) is 6.92 Å². The van der Waals surface area contributed by atoms with Crippen LogP contribution in [0.4, 0.5) is 0 Å². The summed E-state index contributed by atoms with van der Waals surface area (Å²) in [6, 6.07) is 16.9. The summed E-state index contributed by atoms with van der Waals surface area (Å²) >= 11 is 5.63. The highest BCUT2D eigenvalue weighted by Crippen LogP contribution is 2.21. The van der Waals surface area contributed by atoms with Crippen molar-refractivity contribution in [2.45, 2.75) is 31.4 Å². The lowest BCUT2D eigenvalue weighted by Crippen LogP contribution is -2.46. The van der Waals surface area contributed by atoms with E-state index in [2.05, 4.69) is 20.5 Å². The van der Waals surface area contributed by atoms with Crippen molar-refractivity contribution < 1.29 is 19.8 Å². The van der Waals surface area contributed by atoms with Crippen molar-refractivity contribution in [3.8, 4) is 11.1 Å². The Morgan fingerprint density at radius 3 is 2.33 bits per heavy atom. The molecular weight excluding hydrogens is 408 g/mol. The number of hydrogen-bond donors (Lipinski definition) is 4. The maximum atomic E-state index is 12.4. The first-order valence-electron chi connectivity index (χ1n) is 9.23. The topological polar surface area (TPSA) is 128 Å². The molecule has 0 aliphatic rings. The van der Waals surface area contributed by atoms with Crippen molar-refractivity contribution in [1.29, 1.82) is 0 Å². The molecule has 8 nitrogen and oxygen atoms in total. The number of carboxylic acid groups (broad SMARTS) is 1. The van der Waals surface area contributed by atoms with Crippen LogP contribution in [0.5, 0.6) is 0 Å². The number of benzene rings is 2. The summed E-state index contributed by atoms with van der Waals surface area (Å²) in [4.78, 5) is 27.5. The smallest absolute Gasteiger partial charge is 0.335 e. The minimum absolute atomic E-state index is 0.0978. The average molecular weight is 429 g/mol. The number of H-pyrrole nitrogens is 1. The van der Waals surface area contributed by atoms with Crippen LogP contribution >= 0.6 is 11.6 Å². The molecule has 9 heteroatoms. The number of rotatable bonds is 8. The molecule has 3 rings (SSSR count). The van der Waals surface area contributed by atoms with E-state index < -0.39 is 23.5 Å². The lowest BCUT2D eigenvalue weighted by atomic mass is 9.92. The van der Waals surface area contributed by atoms with E-state index in [0.29, 0.717) is 6.42 Å². The summed E-state index contributed by atoms with van der Waals surface area (Å²) < 4.78 is 0. The molecule has 3 aromatic rings. The van der Waals surface area contributed by atoms with Crippen LogP contribution in [0.2, 0.25) is 5.28 Å². The highest BCUT2D eigenvalue weighted by atomic mass is 35.5. The minimum atomic E-state index is -2.01. The summed E-state index contributed by atoms with van der Waals surface area (Å²) in [7, 11) is 0. The molecule has 4 N–H and O–H groups in total. The molecule has 2 aromatic carbocycles. The van der Waals surface area contributed by atoms with Gasteiger partial charge in [-0.15, -0.1) is 5.10 Å². The zero-order chi connectivity index (χ0) is 21.7. The number of aromatic amines is 1. The second-order valence-corrected chi connectivity index (χ2v) is 7.51. The Hall–Kier alpha value is -3.23.